The monoisotopic (exact) mass is 233 g/mol. The SMILES string of the molecule is CCc1ccccc1CNCC1(O)CCCC1. The zero-order chi connectivity index (χ0) is 12.1. The Morgan fingerprint density at radius 2 is 1.82 bits per heavy atom. The molecule has 0 heterocycles. The van der Waals surface area contributed by atoms with Crippen LogP contribution in [0, 0.1) is 0 Å². The summed E-state index contributed by atoms with van der Waals surface area (Å²) in [6, 6.07) is 8.53. The van der Waals surface area contributed by atoms with Crippen LogP contribution in [0.5, 0.6) is 0 Å². The molecule has 0 aromatic heterocycles. The van der Waals surface area contributed by atoms with E-state index in [1.54, 1.807) is 0 Å². The molecule has 0 aliphatic heterocycles. The molecule has 0 bridgehead atoms. The first kappa shape index (κ1) is 12.6. The van der Waals surface area contributed by atoms with Gasteiger partial charge < -0.3 is 10.4 Å². The highest BCUT2D eigenvalue weighted by Gasteiger charge is 2.30. The normalized spacial score (nSPS) is 18.5. The van der Waals surface area contributed by atoms with Gasteiger partial charge in [0.05, 0.1) is 5.60 Å². The number of hydrogen-bond acceptors (Lipinski definition) is 2. The third kappa shape index (κ3) is 3.30. The fourth-order valence-electron chi connectivity index (χ4n) is 2.71. The highest BCUT2D eigenvalue weighted by molar-refractivity contribution is 5.26. The quantitative estimate of drug-likeness (QED) is 0.819. The van der Waals surface area contributed by atoms with Gasteiger partial charge in [-0.1, -0.05) is 44.0 Å². The molecule has 0 atom stereocenters. The van der Waals surface area contributed by atoms with Gasteiger partial charge in [-0.3, -0.25) is 0 Å². The number of rotatable bonds is 5. The molecule has 0 radical (unpaired) electrons. The Bertz CT molecular complexity index is 356. The van der Waals surface area contributed by atoms with E-state index in [2.05, 4.69) is 36.5 Å². The Labute approximate surface area is 104 Å². The maximum absolute atomic E-state index is 10.2. The maximum Gasteiger partial charge on any atom is 0.0771 e. The van der Waals surface area contributed by atoms with Gasteiger partial charge in [-0.15, -0.1) is 0 Å². The van der Waals surface area contributed by atoms with Crippen LogP contribution in [0.1, 0.15) is 43.7 Å². The van der Waals surface area contributed by atoms with Crippen LogP contribution in [0.4, 0.5) is 0 Å². The molecule has 1 aliphatic carbocycles. The van der Waals surface area contributed by atoms with E-state index < -0.39 is 5.60 Å². The highest BCUT2D eigenvalue weighted by Crippen LogP contribution is 2.28. The van der Waals surface area contributed by atoms with Crippen LogP contribution in [0.15, 0.2) is 24.3 Å². The number of aliphatic hydroxyl groups is 1. The van der Waals surface area contributed by atoms with Crippen LogP contribution >= 0.6 is 0 Å². The second kappa shape index (κ2) is 5.65. The lowest BCUT2D eigenvalue weighted by atomic mass is 10.0. The summed E-state index contributed by atoms with van der Waals surface area (Å²) in [5.41, 5.74) is 2.32. The molecule has 1 saturated carbocycles. The Morgan fingerprint density at radius 1 is 1.18 bits per heavy atom. The first-order chi connectivity index (χ1) is 8.23. The van der Waals surface area contributed by atoms with Gasteiger partial charge >= 0.3 is 0 Å². The van der Waals surface area contributed by atoms with Crippen molar-refractivity contribution in [1.82, 2.24) is 5.32 Å². The van der Waals surface area contributed by atoms with Gasteiger partial charge in [-0.05, 0) is 30.4 Å². The van der Waals surface area contributed by atoms with Crippen molar-refractivity contribution in [2.75, 3.05) is 6.54 Å². The largest absolute Gasteiger partial charge is 0.389 e. The lowest BCUT2D eigenvalue weighted by molar-refractivity contribution is 0.0474. The van der Waals surface area contributed by atoms with Crippen molar-refractivity contribution in [1.29, 1.82) is 0 Å². The van der Waals surface area contributed by atoms with Gasteiger partial charge in [0.15, 0.2) is 0 Å². The minimum atomic E-state index is -0.443. The standard InChI is InChI=1S/C15H23NO/c1-2-13-7-3-4-8-14(13)11-16-12-15(17)9-5-6-10-15/h3-4,7-8,16-17H,2,5-6,9-12H2,1H3. The molecule has 1 aromatic carbocycles. The van der Waals surface area contributed by atoms with Gasteiger partial charge in [0, 0.05) is 13.1 Å². The molecule has 0 unspecified atom stereocenters. The molecule has 17 heavy (non-hydrogen) atoms. The van der Waals surface area contributed by atoms with E-state index in [-0.39, 0.29) is 0 Å². The van der Waals surface area contributed by atoms with Crippen molar-refractivity contribution in [3.8, 4) is 0 Å². The van der Waals surface area contributed by atoms with E-state index >= 15 is 0 Å². The first-order valence-corrected chi connectivity index (χ1v) is 6.73. The molecule has 2 nitrogen and oxygen atoms in total. The van der Waals surface area contributed by atoms with E-state index in [0.717, 1.165) is 32.4 Å². The topological polar surface area (TPSA) is 32.3 Å². The van der Waals surface area contributed by atoms with Crippen molar-refractivity contribution < 1.29 is 5.11 Å². The molecular weight excluding hydrogens is 210 g/mol. The molecule has 0 spiro atoms. The summed E-state index contributed by atoms with van der Waals surface area (Å²) in [5, 5.41) is 13.6. The summed E-state index contributed by atoms with van der Waals surface area (Å²) < 4.78 is 0. The van der Waals surface area contributed by atoms with Gasteiger partial charge in [0.25, 0.3) is 0 Å². The third-order valence-corrected chi connectivity index (χ3v) is 3.80. The number of hydrogen-bond donors (Lipinski definition) is 2. The summed E-state index contributed by atoms with van der Waals surface area (Å²) in [7, 11) is 0. The van der Waals surface area contributed by atoms with Crippen molar-refractivity contribution in [2.45, 2.75) is 51.2 Å². The summed E-state index contributed by atoms with van der Waals surface area (Å²) in [5.74, 6) is 0. The van der Waals surface area contributed by atoms with Crippen molar-refractivity contribution in [3.63, 3.8) is 0 Å². The van der Waals surface area contributed by atoms with Crippen LogP contribution in [0.3, 0.4) is 0 Å². The van der Waals surface area contributed by atoms with Gasteiger partial charge in [-0.2, -0.15) is 0 Å². The second-order valence-corrected chi connectivity index (χ2v) is 5.16. The number of aryl methyl sites for hydroxylation is 1. The Morgan fingerprint density at radius 3 is 2.47 bits per heavy atom. The van der Waals surface area contributed by atoms with E-state index in [0.29, 0.717) is 0 Å². The first-order valence-electron chi connectivity index (χ1n) is 6.73. The van der Waals surface area contributed by atoms with E-state index in [1.807, 2.05) is 0 Å². The minimum Gasteiger partial charge on any atom is -0.389 e. The van der Waals surface area contributed by atoms with Crippen LogP contribution in [-0.2, 0) is 13.0 Å². The summed E-state index contributed by atoms with van der Waals surface area (Å²) >= 11 is 0. The Balaban J connectivity index is 1.85. The molecule has 2 heteroatoms. The summed E-state index contributed by atoms with van der Waals surface area (Å²) in [6.45, 7) is 3.78. The van der Waals surface area contributed by atoms with Crippen molar-refractivity contribution in [2.24, 2.45) is 0 Å². The summed E-state index contributed by atoms with van der Waals surface area (Å²) in [6.07, 6.45) is 5.32. The molecule has 0 amide bonds. The average Bonchev–Trinajstić information content (AvgIpc) is 2.77. The number of nitrogens with one attached hydrogen (secondary N) is 1. The Kier molecular flexibility index (Phi) is 4.19. The van der Waals surface area contributed by atoms with E-state index in [4.69, 9.17) is 0 Å². The van der Waals surface area contributed by atoms with Crippen LogP contribution < -0.4 is 5.32 Å². The molecular formula is C15H23NO. The van der Waals surface area contributed by atoms with E-state index in [9.17, 15) is 5.11 Å². The predicted octanol–water partition coefficient (Wildman–Crippen LogP) is 2.64. The molecule has 1 aliphatic rings. The van der Waals surface area contributed by atoms with Crippen LogP contribution in [0.25, 0.3) is 0 Å². The Hall–Kier alpha value is -0.860. The number of benzene rings is 1. The predicted molar refractivity (Wildman–Crippen MR) is 70.9 cm³/mol. The van der Waals surface area contributed by atoms with Crippen LogP contribution in [-0.4, -0.2) is 17.3 Å². The van der Waals surface area contributed by atoms with Gasteiger partial charge in [-0.25, -0.2) is 0 Å². The lowest BCUT2D eigenvalue weighted by Gasteiger charge is -2.22. The molecule has 1 aromatic rings. The molecule has 2 N–H and O–H groups in total. The lowest BCUT2D eigenvalue weighted by Crippen LogP contribution is -2.37. The minimum absolute atomic E-state index is 0.443. The molecule has 94 valence electrons. The van der Waals surface area contributed by atoms with Crippen LogP contribution in [0.2, 0.25) is 0 Å². The summed E-state index contributed by atoms with van der Waals surface area (Å²) in [4.78, 5) is 0. The molecule has 0 saturated heterocycles. The smallest absolute Gasteiger partial charge is 0.0771 e. The van der Waals surface area contributed by atoms with Gasteiger partial charge in [0.2, 0.25) is 0 Å². The molecule has 2 rings (SSSR count). The fraction of sp³-hybridized carbons (Fsp3) is 0.600. The maximum atomic E-state index is 10.2. The van der Waals surface area contributed by atoms with Crippen molar-refractivity contribution >= 4 is 0 Å². The fourth-order valence-corrected chi connectivity index (χ4v) is 2.71. The van der Waals surface area contributed by atoms with Gasteiger partial charge in [0.1, 0.15) is 0 Å². The third-order valence-electron chi connectivity index (χ3n) is 3.80. The van der Waals surface area contributed by atoms with E-state index in [1.165, 1.54) is 24.0 Å². The second-order valence-electron chi connectivity index (χ2n) is 5.16. The average molecular weight is 233 g/mol. The van der Waals surface area contributed by atoms with Crippen molar-refractivity contribution in [3.05, 3.63) is 35.4 Å². The molecule has 1 fully saturated rings. The highest BCUT2D eigenvalue weighted by atomic mass is 16.3. The zero-order valence-corrected chi connectivity index (χ0v) is 10.7. The zero-order valence-electron chi connectivity index (χ0n) is 10.7.